The van der Waals surface area contributed by atoms with E-state index in [1.807, 2.05) is 30.3 Å². The van der Waals surface area contributed by atoms with Gasteiger partial charge in [-0.05, 0) is 36.1 Å². The van der Waals surface area contributed by atoms with Gasteiger partial charge in [-0.15, -0.1) is 0 Å². The van der Waals surface area contributed by atoms with Gasteiger partial charge in [0, 0.05) is 0 Å². The first-order valence-corrected chi connectivity index (χ1v) is 6.67. The Bertz CT molecular complexity index is 732. The third-order valence-corrected chi connectivity index (χ3v) is 3.35. The van der Waals surface area contributed by atoms with Crippen LogP contribution in [0.1, 0.15) is 31.8 Å². The Morgan fingerprint density at radius 3 is 2.05 bits per heavy atom. The van der Waals surface area contributed by atoms with Crippen molar-refractivity contribution in [1.29, 1.82) is 0 Å². The standard InChI is InChI=1S/C16H13NO2.CO2/c18-15-13-9-8-12(10-14(13)16(19)17-15)7-6-11-4-2-1-3-5-11;2-1-3/h1-5,8-10H,6-7H2,(H,17,18,19);. The van der Waals surface area contributed by atoms with Crippen molar-refractivity contribution in [3.63, 3.8) is 0 Å². The molecule has 0 saturated carbocycles. The molecule has 1 N–H and O–H groups in total. The summed E-state index contributed by atoms with van der Waals surface area (Å²) in [4.78, 5) is 39.3. The first kappa shape index (κ1) is 15.4. The number of hydrogen-bond acceptors (Lipinski definition) is 4. The second kappa shape index (κ2) is 7.11. The Hall–Kier alpha value is -3.04. The Balaban J connectivity index is 0.000000545. The van der Waals surface area contributed by atoms with Gasteiger partial charge in [0.05, 0.1) is 11.1 Å². The van der Waals surface area contributed by atoms with Gasteiger partial charge >= 0.3 is 6.15 Å². The molecule has 0 bridgehead atoms. The van der Waals surface area contributed by atoms with Crippen LogP contribution in [0.3, 0.4) is 0 Å². The fourth-order valence-corrected chi connectivity index (χ4v) is 2.30. The van der Waals surface area contributed by atoms with Gasteiger partial charge < -0.3 is 0 Å². The summed E-state index contributed by atoms with van der Waals surface area (Å²) < 4.78 is 0. The molecule has 2 aromatic rings. The second-order valence-corrected chi connectivity index (χ2v) is 4.73. The van der Waals surface area contributed by atoms with Crippen LogP contribution in [0.4, 0.5) is 0 Å². The first-order valence-electron chi connectivity index (χ1n) is 6.67. The summed E-state index contributed by atoms with van der Waals surface area (Å²) in [5, 5.41) is 2.31. The summed E-state index contributed by atoms with van der Waals surface area (Å²) in [6.45, 7) is 0. The summed E-state index contributed by atoms with van der Waals surface area (Å²) in [6.07, 6.45) is 2.04. The number of carbonyl (C=O) groups excluding carboxylic acids is 4. The van der Waals surface area contributed by atoms with Gasteiger partial charge in [-0.2, -0.15) is 9.59 Å². The van der Waals surface area contributed by atoms with Gasteiger partial charge in [-0.1, -0.05) is 36.4 Å². The van der Waals surface area contributed by atoms with Crippen LogP contribution in [0, 0.1) is 0 Å². The molecule has 1 aliphatic heterocycles. The largest absolute Gasteiger partial charge is 0.373 e. The van der Waals surface area contributed by atoms with Crippen LogP contribution in [0.5, 0.6) is 0 Å². The minimum atomic E-state index is -0.297. The van der Waals surface area contributed by atoms with Crippen molar-refractivity contribution in [2.24, 2.45) is 0 Å². The molecule has 0 saturated heterocycles. The summed E-state index contributed by atoms with van der Waals surface area (Å²) in [5.74, 6) is -0.587. The van der Waals surface area contributed by atoms with Gasteiger partial charge in [0.2, 0.25) is 0 Å². The van der Waals surface area contributed by atoms with E-state index in [1.165, 1.54) is 5.56 Å². The zero-order valence-electron chi connectivity index (χ0n) is 11.7. The number of carbonyl (C=O) groups is 2. The number of rotatable bonds is 3. The van der Waals surface area contributed by atoms with E-state index in [4.69, 9.17) is 9.59 Å². The third kappa shape index (κ3) is 3.53. The molecule has 1 heterocycles. The molecule has 0 aromatic heterocycles. The highest BCUT2D eigenvalue weighted by Crippen LogP contribution is 2.18. The molecule has 3 rings (SSSR count). The van der Waals surface area contributed by atoms with Gasteiger partial charge in [0.25, 0.3) is 11.8 Å². The number of hydrogen-bond donors (Lipinski definition) is 1. The predicted molar refractivity (Wildman–Crippen MR) is 77.1 cm³/mol. The average Bonchev–Trinajstić information content (AvgIpc) is 2.81. The number of aryl methyl sites for hydroxylation is 2. The van der Waals surface area contributed by atoms with Crippen LogP contribution in [0.25, 0.3) is 0 Å². The summed E-state index contributed by atoms with van der Waals surface area (Å²) in [5.41, 5.74) is 3.32. The molecule has 1 aliphatic rings. The monoisotopic (exact) mass is 295 g/mol. The van der Waals surface area contributed by atoms with E-state index in [2.05, 4.69) is 17.4 Å². The van der Waals surface area contributed by atoms with Crippen molar-refractivity contribution in [2.75, 3.05) is 0 Å². The van der Waals surface area contributed by atoms with Crippen molar-refractivity contribution in [3.05, 3.63) is 70.8 Å². The molecule has 0 spiro atoms. The van der Waals surface area contributed by atoms with Crippen molar-refractivity contribution in [1.82, 2.24) is 5.32 Å². The lowest BCUT2D eigenvalue weighted by atomic mass is 10.0. The molecular formula is C17H13NO4. The van der Waals surface area contributed by atoms with Gasteiger partial charge in [0.1, 0.15) is 0 Å². The lowest BCUT2D eigenvalue weighted by Gasteiger charge is -2.03. The van der Waals surface area contributed by atoms with E-state index in [-0.39, 0.29) is 18.0 Å². The molecule has 0 fully saturated rings. The highest BCUT2D eigenvalue weighted by molar-refractivity contribution is 6.21. The van der Waals surface area contributed by atoms with Crippen LogP contribution >= 0.6 is 0 Å². The van der Waals surface area contributed by atoms with Gasteiger partial charge in [-0.25, -0.2) is 0 Å². The molecule has 0 atom stereocenters. The highest BCUT2D eigenvalue weighted by Gasteiger charge is 2.26. The van der Waals surface area contributed by atoms with Crippen molar-refractivity contribution >= 4 is 18.0 Å². The molecule has 2 aromatic carbocycles. The molecule has 22 heavy (non-hydrogen) atoms. The van der Waals surface area contributed by atoms with Gasteiger partial charge in [-0.3, -0.25) is 14.9 Å². The van der Waals surface area contributed by atoms with E-state index in [0.717, 1.165) is 18.4 Å². The first-order chi connectivity index (χ1) is 10.7. The zero-order valence-corrected chi connectivity index (χ0v) is 11.7. The topological polar surface area (TPSA) is 80.3 Å². The smallest absolute Gasteiger partial charge is 0.288 e. The molecule has 0 radical (unpaired) electrons. The molecule has 110 valence electrons. The third-order valence-electron chi connectivity index (χ3n) is 3.35. The summed E-state index contributed by atoms with van der Waals surface area (Å²) in [6, 6.07) is 15.7. The number of nitrogens with one attached hydrogen (secondary N) is 1. The number of benzene rings is 2. The Morgan fingerprint density at radius 2 is 1.36 bits per heavy atom. The highest BCUT2D eigenvalue weighted by atomic mass is 16.2. The zero-order chi connectivity index (χ0) is 15.9. The van der Waals surface area contributed by atoms with Crippen LogP contribution in [-0.4, -0.2) is 18.0 Å². The van der Waals surface area contributed by atoms with Crippen molar-refractivity contribution in [2.45, 2.75) is 12.8 Å². The predicted octanol–water partition coefficient (Wildman–Crippen LogP) is 1.77. The van der Waals surface area contributed by atoms with Crippen LogP contribution in [0.2, 0.25) is 0 Å². The fourth-order valence-electron chi connectivity index (χ4n) is 2.30. The normalized spacial score (nSPS) is 11.8. The van der Waals surface area contributed by atoms with Crippen LogP contribution < -0.4 is 5.32 Å². The quantitative estimate of drug-likeness (QED) is 0.875. The molecule has 5 nitrogen and oxygen atoms in total. The minimum Gasteiger partial charge on any atom is -0.288 e. The maximum Gasteiger partial charge on any atom is 0.373 e. The maximum atomic E-state index is 11.6. The van der Waals surface area contributed by atoms with Crippen LogP contribution in [-0.2, 0) is 22.4 Å². The molecule has 2 amide bonds. The lowest BCUT2D eigenvalue weighted by Crippen LogP contribution is -2.19. The molecule has 0 unspecified atom stereocenters. The maximum absolute atomic E-state index is 11.6. The van der Waals surface area contributed by atoms with Crippen LogP contribution in [0.15, 0.2) is 48.5 Å². The van der Waals surface area contributed by atoms with Crippen molar-refractivity contribution in [3.8, 4) is 0 Å². The Labute approximate surface area is 127 Å². The molecule has 5 heteroatoms. The van der Waals surface area contributed by atoms with E-state index in [1.54, 1.807) is 6.07 Å². The van der Waals surface area contributed by atoms with E-state index < -0.39 is 0 Å². The average molecular weight is 295 g/mol. The van der Waals surface area contributed by atoms with E-state index in [9.17, 15) is 9.59 Å². The van der Waals surface area contributed by atoms with E-state index in [0.29, 0.717) is 11.1 Å². The Morgan fingerprint density at radius 1 is 0.773 bits per heavy atom. The summed E-state index contributed by atoms with van der Waals surface area (Å²) in [7, 11) is 0. The number of fused-ring (bicyclic) bond motifs is 1. The summed E-state index contributed by atoms with van der Waals surface area (Å²) >= 11 is 0. The number of imide groups is 1. The number of amides is 2. The Kier molecular flexibility index (Phi) is 4.96. The van der Waals surface area contributed by atoms with Crippen molar-refractivity contribution < 1.29 is 19.2 Å². The minimum absolute atomic E-state index is 0.250. The van der Waals surface area contributed by atoms with Gasteiger partial charge in [0.15, 0.2) is 0 Å². The molecular weight excluding hydrogens is 282 g/mol. The lowest BCUT2D eigenvalue weighted by molar-refractivity contribution is -0.191. The SMILES string of the molecule is O=C1NC(=O)c2cc(CCc3ccccc3)ccc21.O=C=O. The second-order valence-electron chi connectivity index (χ2n) is 4.73. The fraction of sp³-hybridized carbons (Fsp3) is 0.118. The van der Waals surface area contributed by atoms with E-state index >= 15 is 0 Å². The molecule has 0 aliphatic carbocycles.